The molecule has 0 amide bonds. The van der Waals surface area contributed by atoms with Gasteiger partial charge >= 0.3 is 0 Å². The molecule has 148 heavy (non-hydrogen) atoms. The summed E-state index contributed by atoms with van der Waals surface area (Å²) in [6.45, 7) is 5.60. The van der Waals surface area contributed by atoms with E-state index in [4.69, 9.17) is 29.9 Å². The van der Waals surface area contributed by atoms with Crippen LogP contribution < -0.4 is 44.2 Å². The van der Waals surface area contributed by atoms with Crippen LogP contribution in [0.25, 0.3) is 127 Å². The van der Waals surface area contributed by atoms with Gasteiger partial charge in [0, 0.05) is 227 Å². The van der Waals surface area contributed by atoms with Gasteiger partial charge in [-0.15, -0.1) is 0 Å². The number of likely N-dealkylation sites (N-methyl/N-ethyl adjacent to an activating group) is 1. The Morgan fingerprint density at radius 2 is 0.784 bits per heavy atom. The maximum absolute atomic E-state index is 12.6. The van der Waals surface area contributed by atoms with Crippen molar-refractivity contribution >= 4 is 172 Å². The fourth-order valence-electron chi connectivity index (χ4n) is 19.1. The minimum Gasteiger partial charge on any atom is -0.363 e. The number of nitrogens with one attached hydrogen (secondary N) is 3. The lowest BCUT2D eigenvalue weighted by Gasteiger charge is -2.35. The molecule has 30 heteroatoms. The smallest absolute Gasteiger partial charge is 0.235 e. The Kier molecular flexibility index (Phi) is 26.5. The van der Waals surface area contributed by atoms with Crippen LogP contribution in [0.2, 0.25) is 0 Å². The molecule has 4 aliphatic heterocycles. The van der Waals surface area contributed by atoms with Gasteiger partial charge in [-0.2, -0.15) is 0 Å². The normalized spacial score (nSPS) is 13.1. The predicted octanol–water partition coefficient (Wildman–Crippen LogP) is 23.7. The third kappa shape index (κ3) is 19.9. The van der Waals surface area contributed by atoms with E-state index in [9.17, 15) is 12.6 Å². The Balaban J connectivity index is 0.000000105. The van der Waals surface area contributed by atoms with Crippen LogP contribution in [-0.2, 0) is 39.1 Å². The molecule has 1 atom stereocenters. The van der Waals surface area contributed by atoms with Crippen molar-refractivity contribution in [1.82, 2.24) is 79.3 Å². The van der Waals surface area contributed by atoms with Crippen LogP contribution in [0.4, 0.5) is 80.5 Å². The average molecular weight is 1980 g/mol. The lowest BCUT2D eigenvalue weighted by atomic mass is 10.1. The van der Waals surface area contributed by atoms with Crippen molar-refractivity contribution in [2.45, 2.75) is 32.7 Å². The summed E-state index contributed by atoms with van der Waals surface area (Å²) in [6.07, 6.45) is 27.4. The number of para-hydroxylation sites is 3. The first-order valence-electron chi connectivity index (χ1n) is 48.7. The zero-order chi connectivity index (χ0) is 101. The van der Waals surface area contributed by atoms with Gasteiger partial charge < -0.3 is 40.1 Å². The highest BCUT2D eigenvalue weighted by atomic mass is 32.2. The predicted molar refractivity (Wildman–Crippen MR) is 601 cm³/mol. The Hall–Kier alpha value is -18.4. The topological polar surface area (TPSA) is 305 Å². The molecular formula is C118H101N25O3S2. The monoisotopic (exact) mass is 1980 g/mol. The van der Waals surface area contributed by atoms with Gasteiger partial charge in [0.2, 0.25) is 10.0 Å². The van der Waals surface area contributed by atoms with E-state index in [1.54, 1.807) is 62.0 Å². The summed E-state index contributed by atoms with van der Waals surface area (Å²) in [4.78, 5) is 78.1. The molecule has 3 N–H and O–H groups in total. The fourth-order valence-corrected chi connectivity index (χ4v) is 21.7. The van der Waals surface area contributed by atoms with Crippen LogP contribution in [0.3, 0.4) is 0 Å². The third-order valence-electron chi connectivity index (χ3n) is 26.3. The second-order valence-corrected chi connectivity index (χ2v) is 40.7. The molecule has 28 nitrogen and oxygen atoms in total. The van der Waals surface area contributed by atoms with Crippen molar-refractivity contribution in [2.75, 3.05) is 103 Å². The minimum atomic E-state index is -3.27. The standard InChI is InChI=1S/C25H18N4.C24H20N6.C24H23N5O2S.C23H21N5OS.C22H19N5/c1-2-8-18(9-3-1)21-16-22-20(11-6-14-26-22)25(27-21)29-17-19-10-7-15-28(19)23-12-4-5-13-24(23)29;1-30(2)23-15-22(17-6-3-4-8-19(17)27-23)29-24-18-7-5-11-26-21(18)14-20(28-24)16-9-12-25-13-10-16;1-2-14-32(30,31)29-13-9-18-15-19(5-6-23(18)29)27-24-20-4-3-10-26-22(20)16-21(28-24)17-7-11-25-12-8-17;1-30(2,29)28-13-9-17-5-6-18(14-22(17)28)26-23-19-4-3-10-25-21(19)15-20(27-23)16-7-11-24-12-8-16;1-26-13-14-27(20-10-6-12-24-22(20)26)21-17-9-5-11-23-19(17)15-18(25-21)16-7-3-2-4-8-16/h1-16H,17H2;3-15H,1-2H3,(H,27,28,29);3-8,10-12,15-16H,2,9,13-14H2,1H3,(H,27,28);3-8,10-12,14-15H,1,9,13H2,2H3,(H,26,27);2-12,15H,13-14H2,1H3. The summed E-state index contributed by atoms with van der Waals surface area (Å²) in [6, 6.07) is 101. The minimum absolute atomic E-state index is 0.164. The third-order valence-corrected chi connectivity index (χ3v) is 29.6. The van der Waals surface area contributed by atoms with E-state index in [1.165, 1.54) is 21.2 Å². The van der Waals surface area contributed by atoms with E-state index >= 15 is 0 Å². The van der Waals surface area contributed by atoms with Crippen molar-refractivity contribution in [3.05, 3.63) is 401 Å². The van der Waals surface area contributed by atoms with Crippen LogP contribution in [0.15, 0.2) is 384 Å². The molecule has 6 aromatic carbocycles. The Bertz CT molecular complexity index is 8940. The number of aromatic nitrogens is 16. The van der Waals surface area contributed by atoms with Crippen LogP contribution in [-0.4, -0.2) is 157 Å². The van der Waals surface area contributed by atoms with E-state index in [-0.39, 0.29) is 5.75 Å². The van der Waals surface area contributed by atoms with Gasteiger partial charge in [-0.05, 0) is 236 Å². The molecule has 0 saturated heterocycles. The number of sulfonamides is 1. The van der Waals surface area contributed by atoms with Gasteiger partial charge in [0.05, 0.1) is 108 Å². The maximum atomic E-state index is 12.6. The average Bonchev–Trinajstić information content (AvgIpc) is 1.34. The maximum Gasteiger partial charge on any atom is 0.235 e. The molecule has 0 saturated carbocycles. The molecule has 22 aromatic rings. The highest BCUT2D eigenvalue weighted by Crippen LogP contribution is 2.45. The van der Waals surface area contributed by atoms with E-state index in [2.05, 4.69) is 202 Å². The Morgan fingerprint density at radius 1 is 0.345 bits per heavy atom. The summed E-state index contributed by atoms with van der Waals surface area (Å²) in [5, 5.41) is 16.4. The second kappa shape index (κ2) is 41.5. The Labute approximate surface area is 856 Å². The molecule has 0 bridgehead atoms. The van der Waals surface area contributed by atoms with Gasteiger partial charge in [-0.1, -0.05) is 104 Å². The lowest BCUT2D eigenvalue weighted by Crippen LogP contribution is -2.37. The highest BCUT2D eigenvalue weighted by Gasteiger charge is 2.32. The van der Waals surface area contributed by atoms with Crippen molar-refractivity contribution in [3.63, 3.8) is 0 Å². The molecule has 4 aliphatic rings. The summed E-state index contributed by atoms with van der Waals surface area (Å²) >= 11 is 0. The molecule has 20 heterocycles. The number of hydrogen-bond donors (Lipinski definition) is 3. The van der Waals surface area contributed by atoms with E-state index < -0.39 is 19.7 Å². The first kappa shape index (κ1) is 94.5. The number of rotatable bonds is 18. The summed E-state index contributed by atoms with van der Waals surface area (Å²) in [5.41, 5.74) is 26.2. The van der Waals surface area contributed by atoms with Gasteiger partial charge in [-0.25, -0.2) is 47.5 Å². The molecule has 0 spiro atoms. The van der Waals surface area contributed by atoms with Gasteiger partial charge in [0.1, 0.15) is 34.9 Å². The molecule has 0 aliphatic carbocycles. The zero-order valence-electron chi connectivity index (χ0n) is 81.8. The largest absolute Gasteiger partial charge is 0.363 e. The quantitative estimate of drug-likeness (QED) is 0.0672. The highest BCUT2D eigenvalue weighted by molar-refractivity contribution is 8.00. The van der Waals surface area contributed by atoms with Crippen LogP contribution in [0.5, 0.6) is 0 Å². The molecule has 16 aromatic heterocycles. The number of benzene rings is 6. The van der Waals surface area contributed by atoms with Crippen molar-refractivity contribution < 1.29 is 12.6 Å². The van der Waals surface area contributed by atoms with Crippen molar-refractivity contribution in [2.24, 2.45) is 0 Å². The molecule has 0 radical (unpaired) electrons. The zero-order valence-corrected chi connectivity index (χ0v) is 83.5. The van der Waals surface area contributed by atoms with E-state index in [0.717, 1.165) is 235 Å². The van der Waals surface area contributed by atoms with Gasteiger partial charge in [0.15, 0.2) is 5.82 Å². The first-order chi connectivity index (χ1) is 72.4. The molecular weight excluding hydrogens is 1880 g/mol. The SMILES string of the molecule is C=S(C)(=O)N1CCc2ccc(Nc3nc(-c4ccncc4)cc4ncccc34)cc21.CCCS(=O)(=O)N1CCc2cc(Nc3nc(-c4ccncc4)cc4ncccc34)ccc21.CN(C)c1cc(Nc2nc(-c3ccncc3)cc3ncccc23)c2ccccc2n1.CN1CCN(c2nc(-c3ccccc3)cc3ncccc23)c2cccnc21.c1ccc(-c2cc3ncccc3c(N3Cc4cccn4-c4ccccc43)n2)cc1. The summed E-state index contributed by atoms with van der Waals surface area (Å²) in [5.74, 6) is 9.94. The van der Waals surface area contributed by atoms with Gasteiger partial charge in [0.25, 0.3) is 0 Å². The Morgan fingerprint density at radius 3 is 1.32 bits per heavy atom. The van der Waals surface area contributed by atoms with E-state index in [0.29, 0.717) is 25.2 Å². The van der Waals surface area contributed by atoms with Crippen molar-refractivity contribution in [1.29, 1.82) is 0 Å². The van der Waals surface area contributed by atoms with Crippen LogP contribution in [0.1, 0.15) is 30.2 Å². The summed E-state index contributed by atoms with van der Waals surface area (Å²) in [7, 11) is 0.475. The number of fused-ring (bicyclic) bond motifs is 12. The first-order valence-corrected chi connectivity index (χ1v) is 52.4. The molecule has 1 unspecified atom stereocenters. The summed E-state index contributed by atoms with van der Waals surface area (Å²) < 4.78 is 43.4. The number of pyridine rings is 15. The van der Waals surface area contributed by atoms with Crippen molar-refractivity contribution in [3.8, 4) is 62.0 Å². The number of anilines is 14. The number of nitrogens with zero attached hydrogens (tertiary/aromatic N) is 22. The lowest BCUT2D eigenvalue weighted by molar-refractivity contribution is 0.591. The van der Waals surface area contributed by atoms with Crippen LogP contribution >= 0.6 is 0 Å². The van der Waals surface area contributed by atoms with Crippen LogP contribution in [0, 0.1) is 0 Å². The molecule has 0 fully saturated rings. The molecule has 26 rings (SSSR count). The molecule has 728 valence electrons. The van der Waals surface area contributed by atoms with E-state index in [1.807, 2.05) is 249 Å². The fraction of sp³-hybridized carbons (Fsp3) is 0.119. The second-order valence-electron chi connectivity index (χ2n) is 36.3. The van der Waals surface area contributed by atoms with Gasteiger partial charge in [-0.3, -0.25) is 48.5 Å². The number of hydrogen-bond acceptors (Lipinski definition) is 25.